The third-order valence-electron chi connectivity index (χ3n) is 15.0. The molecule has 0 heterocycles. The van der Waals surface area contributed by atoms with Crippen LogP contribution in [0.25, 0.3) is 0 Å². The van der Waals surface area contributed by atoms with Gasteiger partial charge in [-0.25, -0.2) is 4.79 Å². The van der Waals surface area contributed by atoms with Crippen molar-refractivity contribution in [2.75, 3.05) is 38.3 Å². The lowest BCUT2D eigenvalue weighted by molar-refractivity contribution is -0.142. The molecule has 0 aromatic heterocycles. The number of carboxylic acid groups (broad SMARTS) is 1. The van der Waals surface area contributed by atoms with E-state index in [1.54, 1.807) is 78.1 Å². The number of hydrogen-bond acceptors (Lipinski definition) is 20. The van der Waals surface area contributed by atoms with Crippen molar-refractivity contribution in [1.29, 1.82) is 0 Å². The summed E-state index contributed by atoms with van der Waals surface area (Å²) in [5, 5.41) is 57.6. The number of primary amides is 2. The van der Waals surface area contributed by atoms with Gasteiger partial charge in [0.2, 0.25) is 76.8 Å². The van der Waals surface area contributed by atoms with Gasteiger partial charge in [-0.3, -0.25) is 72.3 Å². The Kier molecular flexibility index (Phi) is 42.2. The number of carbonyl (C=O) groups is 14. The molecule has 101 heavy (non-hydrogen) atoms. The number of thioether (sulfide) groups is 1. The van der Waals surface area contributed by atoms with Crippen LogP contribution in [0, 0.1) is 17.8 Å². The van der Waals surface area contributed by atoms with Crippen molar-refractivity contribution in [3.8, 4) is 0 Å². The summed E-state index contributed by atoms with van der Waals surface area (Å²) in [5.74, 6) is -14.8. The highest BCUT2D eigenvalue weighted by molar-refractivity contribution is 7.98. The summed E-state index contributed by atoms with van der Waals surface area (Å²) in [7, 11) is 0. The van der Waals surface area contributed by atoms with Crippen molar-refractivity contribution in [3.63, 3.8) is 0 Å². The van der Waals surface area contributed by atoms with Crippen LogP contribution in [0.3, 0.4) is 0 Å². The van der Waals surface area contributed by atoms with E-state index >= 15 is 0 Å². The molecule has 568 valence electrons. The van der Waals surface area contributed by atoms with Gasteiger partial charge in [0, 0.05) is 25.9 Å². The lowest BCUT2D eigenvalue weighted by Gasteiger charge is -2.28. The zero-order chi connectivity index (χ0) is 76.6. The SMILES string of the molecule is CSCC[C@H](NC(=O)[C@H](CCC(N)=O)NC(=O)[C@H](CCCN=C(N)N)NC(=O)[C@H](CC(C)C)NC(=O)[C@H](C)NC(=O)[C@H](CCCN=C(N)N)NC(=O)[C@H](CC(C)C)NC(=O)[C@H](CO)NC(=O)[C@H](CO)NC(=O)[C@H](CCC(N)=O)NC(=O)[C@H](CC(C)C)NC(=O)[C@@H](N)Cc1ccccc1)C(=O)O. The van der Waals surface area contributed by atoms with Gasteiger partial charge in [-0.15, -0.1) is 0 Å². The fraction of sp³-hybridized carbons (Fsp3) is 0.651. The molecule has 0 aliphatic rings. The van der Waals surface area contributed by atoms with E-state index in [9.17, 15) is 82.4 Å². The van der Waals surface area contributed by atoms with Gasteiger partial charge in [-0.1, -0.05) is 71.9 Å². The summed E-state index contributed by atoms with van der Waals surface area (Å²) in [6, 6.07) is -8.97. The molecule has 38 heteroatoms. The maximum absolute atomic E-state index is 14.3. The van der Waals surface area contributed by atoms with Crippen LogP contribution in [0.2, 0.25) is 0 Å². The Bertz CT molecular complexity index is 2970. The molecular formula is C63H108N20O17S. The van der Waals surface area contributed by atoms with E-state index in [0.717, 1.165) is 5.56 Å². The van der Waals surface area contributed by atoms with Crippen LogP contribution in [-0.2, 0) is 73.5 Å². The molecule has 37 nitrogen and oxygen atoms in total. The molecule has 0 saturated carbocycles. The summed E-state index contributed by atoms with van der Waals surface area (Å²) >= 11 is 1.33. The fourth-order valence-electron chi connectivity index (χ4n) is 9.74. The third-order valence-corrected chi connectivity index (χ3v) is 15.7. The minimum Gasteiger partial charge on any atom is -0.480 e. The van der Waals surface area contributed by atoms with Crippen molar-refractivity contribution in [2.24, 2.45) is 67.9 Å². The van der Waals surface area contributed by atoms with Crippen LogP contribution >= 0.6 is 11.8 Å². The molecule has 1 aromatic rings. The van der Waals surface area contributed by atoms with Crippen LogP contribution in [-0.4, -0.2) is 221 Å². The number of aliphatic carboxylic acids is 1. The second-order valence-corrected chi connectivity index (χ2v) is 26.4. The maximum atomic E-state index is 14.3. The zero-order valence-electron chi connectivity index (χ0n) is 58.7. The first kappa shape index (κ1) is 89.6. The van der Waals surface area contributed by atoms with E-state index in [-0.39, 0.29) is 107 Å². The molecule has 0 aliphatic carbocycles. The Hall–Kier alpha value is -9.43. The van der Waals surface area contributed by atoms with E-state index in [1.165, 1.54) is 18.7 Å². The van der Waals surface area contributed by atoms with Gasteiger partial charge in [-0.2, -0.15) is 11.8 Å². The van der Waals surface area contributed by atoms with Crippen LogP contribution in [0.5, 0.6) is 0 Å². The average Bonchev–Trinajstić information content (AvgIpc) is 0.870. The summed E-state index contributed by atoms with van der Waals surface area (Å²) in [5.41, 5.74) is 39.7. The first-order chi connectivity index (χ1) is 47.4. The minimum absolute atomic E-state index is 0.0202. The van der Waals surface area contributed by atoms with E-state index in [2.05, 4.69) is 68.5 Å². The number of aliphatic imine (C=N–C) groups is 2. The van der Waals surface area contributed by atoms with Gasteiger partial charge in [0.05, 0.1) is 19.3 Å². The Morgan fingerprint density at radius 1 is 0.406 bits per heavy atom. The molecule has 0 saturated heterocycles. The number of nitrogens with two attached hydrogens (primary N) is 7. The summed E-state index contributed by atoms with van der Waals surface area (Å²) in [4.78, 5) is 196. The van der Waals surface area contributed by atoms with Crippen molar-refractivity contribution in [3.05, 3.63) is 35.9 Å². The molecule has 1 rings (SSSR count). The average molecular weight is 1450 g/mol. The van der Waals surface area contributed by atoms with Gasteiger partial charge in [0.25, 0.3) is 0 Å². The minimum atomic E-state index is -1.87. The number of benzene rings is 1. The van der Waals surface area contributed by atoms with E-state index in [0.29, 0.717) is 5.75 Å². The Labute approximate surface area is 591 Å². The van der Waals surface area contributed by atoms with Crippen LogP contribution in [0.4, 0.5) is 0 Å². The van der Waals surface area contributed by atoms with E-state index < -0.39 is 188 Å². The molecule has 1 aromatic carbocycles. The molecule has 0 unspecified atom stereocenters. The number of rotatable bonds is 50. The van der Waals surface area contributed by atoms with Gasteiger partial charge in [0.1, 0.15) is 66.5 Å². The number of amides is 13. The Morgan fingerprint density at radius 2 is 0.713 bits per heavy atom. The number of aliphatic hydroxyl groups is 2. The molecule has 12 atom stereocenters. The smallest absolute Gasteiger partial charge is 0.326 e. The first-order valence-electron chi connectivity index (χ1n) is 33.2. The Balaban J connectivity index is 3.48. The zero-order valence-corrected chi connectivity index (χ0v) is 59.5. The highest BCUT2D eigenvalue weighted by Gasteiger charge is 2.37. The fourth-order valence-corrected chi connectivity index (χ4v) is 10.2. The summed E-state index contributed by atoms with van der Waals surface area (Å²) < 4.78 is 0. The van der Waals surface area contributed by atoms with Gasteiger partial charge in [-0.05, 0) is 113 Å². The van der Waals surface area contributed by atoms with Crippen LogP contribution in [0.1, 0.15) is 131 Å². The summed E-state index contributed by atoms with van der Waals surface area (Å²) in [6.45, 7) is 9.33. The van der Waals surface area contributed by atoms with E-state index in [1.807, 2.05) is 0 Å². The largest absolute Gasteiger partial charge is 0.480 e. The second-order valence-electron chi connectivity index (χ2n) is 25.4. The van der Waals surface area contributed by atoms with Crippen molar-refractivity contribution < 1.29 is 82.4 Å². The normalized spacial score (nSPS) is 14.7. The molecule has 0 aliphatic heterocycles. The lowest BCUT2D eigenvalue weighted by atomic mass is 10.0. The summed E-state index contributed by atoms with van der Waals surface area (Å²) in [6.07, 6.45) is -0.0397. The second kappa shape index (κ2) is 47.6. The van der Waals surface area contributed by atoms with Crippen LogP contribution < -0.4 is 98.6 Å². The Morgan fingerprint density at radius 3 is 1.05 bits per heavy atom. The predicted molar refractivity (Wildman–Crippen MR) is 375 cm³/mol. The predicted octanol–water partition coefficient (Wildman–Crippen LogP) is -6.49. The number of nitrogens with zero attached hydrogens (tertiary/aromatic N) is 2. The highest BCUT2D eigenvalue weighted by atomic mass is 32.2. The topological polar surface area (TPSA) is 639 Å². The van der Waals surface area contributed by atoms with E-state index in [4.69, 9.17) is 40.1 Å². The number of carboxylic acids is 1. The molecule has 0 fully saturated rings. The quantitative estimate of drug-likeness (QED) is 0.0164. The van der Waals surface area contributed by atoms with Crippen molar-refractivity contribution >= 4 is 106 Å². The van der Waals surface area contributed by atoms with Gasteiger partial charge >= 0.3 is 5.97 Å². The van der Waals surface area contributed by atoms with Gasteiger partial charge < -0.3 is 114 Å². The number of carbonyl (C=O) groups excluding carboxylic acids is 13. The van der Waals surface area contributed by atoms with Crippen LogP contribution in [0.15, 0.2) is 40.3 Å². The number of nitrogens with one attached hydrogen (secondary N) is 11. The molecule has 0 spiro atoms. The number of hydrogen-bond donors (Lipinski definition) is 21. The number of aliphatic hydroxyl groups excluding tert-OH is 2. The molecule has 0 radical (unpaired) electrons. The standard InChI is InChI=1S/C63H108N20O17S/c1-32(2)26-43(56(94)75-39(17-13-24-72-63(69)70)53(91)76-40(18-20-48(65)86)54(92)78-42(61(99)100)22-25-101-8)79-50(88)35(7)73-52(90)38(16-12-23-71-62(67)68)74-58(96)45(28-34(5)6)81-59(97)46(30-84)83-60(98)47(31-85)82-55(93)41(19-21-49(66)87)77-57(95)44(27-33(3)4)80-51(89)37(64)29-36-14-10-9-11-15-36/h9-11,14-15,32-35,37-47,84-85H,12-13,16-31,64H2,1-8H3,(H2,65,86)(H2,66,87)(H,73,90)(H,74,96)(H,75,94)(H,76,91)(H,77,95)(H,78,92)(H,79,88)(H,80,89)(H,81,97)(H,82,93)(H,83,98)(H,99,100)(H4,67,68,71)(H4,69,70,72)/t35-,37-,38-,39-,40-,41-,42-,43-,44-,45-,46-,47-/m0/s1. The maximum Gasteiger partial charge on any atom is 0.326 e. The lowest BCUT2D eigenvalue weighted by Crippen LogP contribution is -2.61. The van der Waals surface area contributed by atoms with Crippen molar-refractivity contribution in [1.82, 2.24) is 58.5 Å². The number of guanidine groups is 2. The van der Waals surface area contributed by atoms with Gasteiger partial charge in [0.15, 0.2) is 11.9 Å². The first-order valence-corrected chi connectivity index (χ1v) is 34.6. The monoisotopic (exact) mass is 1450 g/mol. The third kappa shape index (κ3) is 37.0. The van der Waals surface area contributed by atoms with Crippen molar-refractivity contribution in [2.45, 2.75) is 204 Å². The molecule has 28 N–H and O–H groups in total. The molecule has 13 amide bonds. The molecular weight excluding hydrogens is 1340 g/mol. The molecule has 0 bridgehead atoms. The highest BCUT2D eigenvalue weighted by Crippen LogP contribution is 2.14.